The fraction of sp³-hybridized carbons (Fsp3) is 0.833. The van der Waals surface area contributed by atoms with Crippen LogP contribution in [0.1, 0.15) is 39.5 Å². The molecule has 0 aromatic rings. The summed E-state index contributed by atoms with van der Waals surface area (Å²) in [6, 6.07) is 0.110. The summed E-state index contributed by atoms with van der Waals surface area (Å²) in [5.74, 6) is -1.58. The van der Waals surface area contributed by atoms with Crippen LogP contribution in [0.15, 0.2) is 0 Å². The van der Waals surface area contributed by atoms with Crippen molar-refractivity contribution < 1.29 is 14.7 Å². The monoisotopic (exact) mass is 242 g/mol. The highest BCUT2D eigenvalue weighted by atomic mass is 16.4. The molecule has 0 spiro atoms. The van der Waals surface area contributed by atoms with Gasteiger partial charge in [0.1, 0.15) is 0 Å². The minimum absolute atomic E-state index is 0.127. The van der Waals surface area contributed by atoms with Gasteiger partial charge in [0.2, 0.25) is 5.91 Å². The van der Waals surface area contributed by atoms with E-state index in [4.69, 9.17) is 5.11 Å². The SMILES string of the molecule is CC(NC(=O)CNC1CCCC1)C(C)C(=O)O. The van der Waals surface area contributed by atoms with Crippen LogP contribution in [0, 0.1) is 5.92 Å². The normalized spacial score (nSPS) is 19.9. The molecule has 0 saturated heterocycles. The van der Waals surface area contributed by atoms with E-state index in [1.165, 1.54) is 12.8 Å². The largest absolute Gasteiger partial charge is 0.481 e. The van der Waals surface area contributed by atoms with E-state index in [0.29, 0.717) is 6.04 Å². The Morgan fingerprint density at radius 1 is 1.29 bits per heavy atom. The first-order chi connectivity index (χ1) is 8.00. The molecule has 1 saturated carbocycles. The second-order valence-corrected chi connectivity index (χ2v) is 4.85. The molecule has 5 heteroatoms. The lowest BCUT2D eigenvalue weighted by Gasteiger charge is -2.19. The van der Waals surface area contributed by atoms with E-state index in [1.807, 2.05) is 0 Å². The van der Waals surface area contributed by atoms with Crippen LogP contribution >= 0.6 is 0 Å². The molecular weight excluding hydrogens is 220 g/mol. The van der Waals surface area contributed by atoms with Crippen LogP contribution in [-0.4, -0.2) is 35.6 Å². The molecule has 2 unspecified atom stereocenters. The minimum Gasteiger partial charge on any atom is -0.481 e. The number of carbonyl (C=O) groups excluding carboxylic acids is 1. The second-order valence-electron chi connectivity index (χ2n) is 4.85. The van der Waals surface area contributed by atoms with Crippen LogP contribution in [0.3, 0.4) is 0 Å². The molecular formula is C12H22N2O3. The Balaban J connectivity index is 2.21. The summed E-state index contributed by atoms with van der Waals surface area (Å²) >= 11 is 0. The lowest BCUT2D eigenvalue weighted by molar-refractivity contribution is -0.142. The van der Waals surface area contributed by atoms with Gasteiger partial charge in [0.05, 0.1) is 12.5 Å². The van der Waals surface area contributed by atoms with Gasteiger partial charge in [-0.3, -0.25) is 9.59 Å². The summed E-state index contributed by atoms with van der Waals surface area (Å²) in [7, 11) is 0. The molecule has 5 nitrogen and oxygen atoms in total. The van der Waals surface area contributed by atoms with Crippen molar-refractivity contribution in [2.45, 2.75) is 51.6 Å². The molecule has 0 aliphatic heterocycles. The Hall–Kier alpha value is -1.10. The first kappa shape index (κ1) is 14.0. The zero-order chi connectivity index (χ0) is 12.8. The van der Waals surface area contributed by atoms with E-state index in [-0.39, 0.29) is 18.5 Å². The Bertz CT molecular complexity index is 275. The summed E-state index contributed by atoms with van der Waals surface area (Å²) < 4.78 is 0. The van der Waals surface area contributed by atoms with Crippen molar-refractivity contribution in [3.8, 4) is 0 Å². The van der Waals surface area contributed by atoms with Crippen LogP contribution in [-0.2, 0) is 9.59 Å². The van der Waals surface area contributed by atoms with Gasteiger partial charge < -0.3 is 15.7 Å². The smallest absolute Gasteiger partial charge is 0.308 e. The van der Waals surface area contributed by atoms with Crippen molar-refractivity contribution in [2.75, 3.05) is 6.54 Å². The number of hydrogen-bond acceptors (Lipinski definition) is 3. The average Bonchev–Trinajstić information content (AvgIpc) is 2.77. The molecule has 0 heterocycles. The predicted octanol–water partition coefficient (Wildman–Crippen LogP) is 0.744. The van der Waals surface area contributed by atoms with Crippen molar-refractivity contribution in [2.24, 2.45) is 5.92 Å². The maximum absolute atomic E-state index is 11.6. The number of carbonyl (C=O) groups is 2. The van der Waals surface area contributed by atoms with Crippen LogP contribution in [0.5, 0.6) is 0 Å². The summed E-state index contributed by atoms with van der Waals surface area (Å²) in [5.41, 5.74) is 0. The van der Waals surface area contributed by atoms with Crippen molar-refractivity contribution >= 4 is 11.9 Å². The Labute approximate surface area is 102 Å². The van der Waals surface area contributed by atoms with Crippen LogP contribution in [0.25, 0.3) is 0 Å². The molecule has 2 atom stereocenters. The zero-order valence-electron chi connectivity index (χ0n) is 10.5. The van der Waals surface area contributed by atoms with Gasteiger partial charge in [0.15, 0.2) is 0 Å². The van der Waals surface area contributed by atoms with Crippen LogP contribution in [0.2, 0.25) is 0 Å². The first-order valence-electron chi connectivity index (χ1n) is 6.26. The molecule has 0 aromatic carbocycles. The molecule has 17 heavy (non-hydrogen) atoms. The molecule has 0 radical (unpaired) electrons. The summed E-state index contributed by atoms with van der Waals surface area (Å²) in [5, 5.41) is 14.7. The van der Waals surface area contributed by atoms with E-state index in [9.17, 15) is 9.59 Å². The summed E-state index contributed by atoms with van der Waals surface area (Å²) in [6.07, 6.45) is 4.72. The van der Waals surface area contributed by atoms with Gasteiger partial charge in [-0.05, 0) is 26.7 Å². The molecule has 0 aromatic heterocycles. The molecule has 1 amide bonds. The number of carboxylic acids is 1. The highest BCUT2D eigenvalue weighted by molar-refractivity contribution is 5.79. The third kappa shape index (κ3) is 4.73. The van der Waals surface area contributed by atoms with E-state index >= 15 is 0 Å². The van der Waals surface area contributed by atoms with Gasteiger partial charge in [-0.2, -0.15) is 0 Å². The molecule has 3 N–H and O–H groups in total. The number of carboxylic acid groups (broad SMARTS) is 1. The minimum atomic E-state index is -0.887. The van der Waals surface area contributed by atoms with Gasteiger partial charge in [-0.25, -0.2) is 0 Å². The fourth-order valence-electron chi connectivity index (χ4n) is 2.01. The highest BCUT2D eigenvalue weighted by Gasteiger charge is 2.21. The van der Waals surface area contributed by atoms with E-state index in [2.05, 4.69) is 10.6 Å². The summed E-state index contributed by atoms with van der Waals surface area (Å²) in [6.45, 7) is 3.59. The zero-order valence-corrected chi connectivity index (χ0v) is 10.5. The van der Waals surface area contributed by atoms with Crippen molar-refractivity contribution in [3.05, 3.63) is 0 Å². The molecule has 1 rings (SSSR count). The third-order valence-electron chi connectivity index (χ3n) is 3.43. The van der Waals surface area contributed by atoms with Gasteiger partial charge in [-0.15, -0.1) is 0 Å². The van der Waals surface area contributed by atoms with Gasteiger partial charge in [0, 0.05) is 12.1 Å². The molecule has 1 aliphatic rings. The number of rotatable bonds is 6. The van der Waals surface area contributed by atoms with E-state index in [0.717, 1.165) is 12.8 Å². The van der Waals surface area contributed by atoms with Crippen molar-refractivity contribution in [3.63, 3.8) is 0 Å². The number of hydrogen-bond donors (Lipinski definition) is 3. The van der Waals surface area contributed by atoms with Crippen molar-refractivity contribution in [1.29, 1.82) is 0 Å². The number of aliphatic carboxylic acids is 1. The van der Waals surface area contributed by atoms with Gasteiger partial charge in [0.25, 0.3) is 0 Å². The molecule has 1 aliphatic carbocycles. The number of nitrogens with one attached hydrogen (secondary N) is 2. The van der Waals surface area contributed by atoms with Crippen LogP contribution < -0.4 is 10.6 Å². The maximum atomic E-state index is 11.6. The van der Waals surface area contributed by atoms with E-state index < -0.39 is 11.9 Å². The summed E-state index contributed by atoms with van der Waals surface area (Å²) in [4.78, 5) is 22.3. The maximum Gasteiger partial charge on any atom is 0.308 e. The molecule has 0 bridgehead atoms. The average molecular weight is 242 g/mol. The van der Waals surface area contributed by atoms with Gasteiger partial charge in [-0.1, -0.05) is 12.8 Å². The Kier molecular flexibility index (Phi) is 5.41. The Morgan fingerprint density at radius 3 is 2.41 bits per heavy atom. The second kappa shape index (κ2) is 6.59. The van der Waals surface area contributed by atoms with E-state index in [1.54, 1.807) is 13.8 Å². The molecule has 98 valence electrons. The fourth-order valence-corrected chi connectivity index (χ4v) is 2.01. The lowest BCUT2D eigenvalue weighted by Crippen LogP contribution is -2.45. The molecule has 1 fully saturated rings. The standard InChI is InChI=1S/C12H22N2O3/c1-8(12(16)17)9(2)14-11(15)7-13-10-5-3-4-6-10/h8-10,13H,3-7H2,1-2H3,(H,14,15)(H,16,17). The quantitative estimate of drug-likeness (QED) is 0.642. The van der Waals surface area contributed by atoms with Crippen molar-refractivity contribution in [1.82, 2.24) is 10.6 Å². The van der Waals surface area contributed by atoms with Gasteiger partial charge >= 0.3 is 5.97 Å². The topological polar surface area (TPSA) is 78.4 Å². The number of amides is 1. The third-order valence-corrected chi connectivity index (χ3v) is 3.43. The van der Waals surface area contributed by atoms with Crippen LogP contribution in [0.4, 0.5) is 0 Å². The Morgan fingerprint density at radius 2 is 1.88 bits per heavy atom. The predicted molar refractivity (Wildman–Crippen MR) is 64.7 cm³/mol. The highest BCUT2D eigenvalue weighted by Crippen LogP contribution is 2.17. The first-order valence-corrected chi connectivity index (χ1v) is 6.26. The lowest BCUT2D eigenvalue weighted by atomic mass is 10.0.